The minimum absolute atomic E-state index is 0.0363. The third-order valence-electron chi connectivity index (χ3n) is 2.49. The topological polar surface area (TPSA) is 70.0 Å². The maximum atomic E-state index is 12.1. The van der Waals surface area contributed by atoms with Crippen molar-refractivity contribution in [2.45, 2.75) is 11.4 Å². The summed E-state index contributed by atoms with van der Waals surface area (Å²) in [7, 11) is -3.66. The van der Waals surface area contributed by atoms with Gasteiger partial charge < -0.3 is 0 Å². The number of halogens is 2. The lowest BCUT2D eigenvalue weighted by atomic mass is 10.2. The van der Waals surface area contributed by atoms with Crippen LogP contribution in [0.1, 0.15) is 10.4 Å². The molecule has 4 nitrogen and oxygen atoms in total. The molecule has 0 amide bonds. The third-order valence-corrected chi connectivity index (χ3v) is 6.12. The van der Waals surface area contributed by atoms with Crippen molar-refractivity contribution in [3.8, 4) is 6.07 Å². The lowest BCUT2D eigenvalue weighted by molar-refractivity contribution is 0.581. The first-order valence-corrected chi connectivity index (χ1v) is 8.88. The molecular weight excluding hydrogens is 384 g/mol. The van der Waals surface area contributed by atoms with Gasteiger partial charge in [0.15, 0.2) is 0 Å². The van der Waals surface area contributed by atoms with Crippen LogP contribution in [0.25, 0.3) is 0 Å². The zero-order valence-electron chi connectivity index (χ0n) is 9.93. The Hall–Kier alpha value is -0.910. The van der Waals surface area contributed by atoms with Gasteiger partial charge in [-0.3, -0.25) is 0 Å². The fourth-order valence-electron chi connectivity index (χ4n) is 1.45. The van der Waals surface area contributed by atoms with Gasteiger partial charge in [0.25, 0.3) is 0 Å². The van der Waals surface area contributed by atoms with Crippen LogP contribution >= 0.6 is 38.9 Å². The monoisotopic (exact) mass is 390 g/mol. The maximum Gasteiger partial charge on any atom is 0.240 e. The number of nitriles is 1. The molecule has 1 heterocycles. The van der Waals surface area contributed by atoms with Crippen molar-refractivity contribution in [1.82, 2.24) is 4.72 Å². The molecule has 0 aliphatic carbocycles. The van der Waals surface area contributed by atoms with Crippen LogP contribution in [0.5, 0.6) is 0 Å². The summed E-state index contributed by atoms with van der Waals surface area (Å²) >= 11 is 10.6. The van der Waals surface area contributed by atoms with Crippen LogP contribution in [0, 0.1) is 11.3 Å². The minimum atomic E-state index is -3.66. The smallest absolute Gasteiger partial charge is 0.207 e. The molecule has 0 aliphatic rings. The Kier molecular flexibility index (Phi) is 4.83. The number of benzene rings is 1. The average molecular weight is 392 g/mol. The Morgan fingerprint density at radius 1 is 1.40 bits per heavy atom. The molecule has 104 valence electrons. The number of nitrogens with one attached hydrogen (secondary N) is 1. The lowest BCUT2D eigenvalue weighted by Gasteiger charge is -2.07. The Morgan fingerprint density at radius 3 is 2.70 bits per heavy atom. The van der Waals surface area contributed by atoms with E-state index in [2.05, 4.69) is 20.7 Å². The van der Waals surface area contributed by atoms with Gasteiger partial charge in [-0.1, -0.05) is 11.6 Å². The number of hydrogen-bond acceptors (Lipinski definition) is 4. The summed E-state index contributed by atoms with van der Waals surface area (Å²) < 4.78 is 27.6. The van der Waals surface area contributed by atoms with Crippen LogP contribution in [-0.2, 0) is 16.6 Å². The highest BCUT2D eigenvalue weighted by molar-refractivity contribution is 9.10. The van der Waals surface area contributed by atoms with E-state index in [0.29, 0.717) is 0 Å². The van der Waals surface area contributed by atoms with Gasteiger partial charge in [-0.25, -0.2) is 13.1 Å². The molecule has 0 aliphatic heterocycles. The summed E-state index contributed by atoms with van der Waals surface area (Å²) in [6.07, 6.45) is 0. The summed E-state index contributed by atoms with van der Waals surface area (Å²) in [5.74, 6) is 0. The highest BCUT2D eigenvalue weighted by atomic mass is 79.9. The lowest BCUT2D eigenvalue weighted by Crippen LogP contribution is -2.23. The number of rotatable bonds is 4. The second kappa shape index (κ2) is 6.24. The van der Waals surface area contributed by atoms with E-state index in [1.807, 2.05) is 17.5 Å². The highest BCUT2D eigenvalue weighted by Crippen LogP contribution is 2.24. The van der Waals surface area contributed by atoms with Gasteiger partial charge in [0.05, 0.1) is 15.5 Å². The van der Waals surface area contributed by atoms with E-state index in [0.717, 1.165) is 9.35 Å². The van der Waals surface area contributed by atoms with Gasteiger partial charge in [0.1, 0.15) is 6.07 Å². The molecule has 2 aromatic rings. The van der Waals surface area contributed by atoms with E-state index in [4.69, 9.17) is 16.9 Å². The summed E-state index contributed by atoms with van der Waals surface area (Å²) in [6, 6.07) is 7.75. The highest BCUT2D eigenvalue weighted by Gasteiger charge is 2.16. The van der Waals surface area contributed by atoms with E-state index in [9.17, 15) is 8.42 Å². The first-order valence-electron chi connectivity index (χ1n) is 5.35. The van der Waals surface area contributed by atoms with Crippen molar-refractivity contribution >= 4 is 48.9 Å². The SMILES string of the molecule is N#Cc1ccc(S(=O)(=O)NCc2sccc2Br)cc1Cl. The van der Waals surface area contributed by atoms with Crippen molar-refractivity contribution < 1.29 is 8.42 Å². The molecule has 1 aromatic carbocycles. The summed E-state index contributed by atoms with van der Waals surface area (Å²) in [4.78, 5) is 0.919. The summed E-state index contributed by atoms with van der Waals surface area (Å²) in [5, 5.41) is 10.8. The molecule has 8 heteroatoms. The van der Waals surface area contributed by atoms with Gasteiger partial charge in [0.2, 0.25) is 10.0 Å². The predicted molar refractivity (Wildman–Crippen MR) is 82.2 cm³/mol. The van der Waals surface area contributed by atoms with Crippen LogP contribution in [0.2, 0.25) is 5.02 Å². The van der Waals surface area contributed by atoms with Gasteiger partial charge in [-0.15, -0.1) is 11.3 Å². The third kappa shape index (κ3) is 3.40. The number of nitrogens with zero attached hydrogens (tertiary/aromatic N) is 1. The number of thiophene rings is 1. The van der Waals surface area contributed by atoms with E-state index < -0.39 is 10.0 Å². The quantitative estimate of drug-likeness (QED) is 0.867. The van der Waals surface area contributed by atoms with E-state index >= 15 is 0 Å². The fraction of sp³-hybridized carbons (Fsp3) is 0.0833. The fourth-order valence-corrected chi connectivity index (χ4v) is 4.28. The van der Waals surface area contributed by atoms with Crippen LogP contribution < -0.4 is 4.72 Å². The predicted octanol–water partition coefficient (Wildman–Crippen LogP) is 3.51. The van der Waals surface area contributed by atoms with Crippen molar-refractivity contribution in [2.24, 2.45) is 0 Å². The van der Waals surface area contributed by atoms with Crippen LogP contribution in [0.3, 0.4) is 0 Å². The van der Waals surface area contributed by atoms with E-state index in [1.165, 1.54) is 29.5 Å². The van der Waals surface area contributed by atoms with Gasteiger partial charge in [-0.2, -0.15) is 5.26 Å². The van der Waals surface area contributed by atoms with Crippen LogP contribution in [0.4, 0.5) is 0 Å². The Morgan fingerprint density at radius 2 is 2.15 bits per heavy atom. The molecule has 0 radical (unpaired) electrons. The molecule has 0 saturated heterocycles. The average Bonchev–Trinajstić information content (AvgIpc) is 2.82. The van der Waals surface area contributed by atoms with Crippen LogP contribution in [-0.4, -0.2) is 8.42 Å². The minimum Gasteiger partial charge on any atom is -0.207 e. The van der Waals surface area contributed by atoms with Gasteiger partial charge in [0, 0.05) is 15.9 Å². The molecule has 20 heavy (non-hydrogen) atoms. The van der Waals surface area contributed by atoms with E-state index in [-0.39, 0.29) is 22.0 Å². The number of sulfonamides is 1. The Labute approximate surface area is 134 Å². The van der Waals surface area contributed by atoms with Crippen LogP contribution in [0.15, 0.2) is 39.0 Å². The normalized spacial score (nSPS) is 11.2. The molecule has 0 spiro atoms. The van der Waals surface area contributed by atoms with E-state index in [1.54, 1.807) is 0 Å². The summed E-state index contributed by atoms with van der Waals surface area (Å²) in [6.45, 7) is 0.193. The standard InChI is InChI=1S/C12H8BrClN2O2S2/c13-10-3-4-19-12(10)7-16-20(17,18)9-2-1-8(6-15)11(14)5-9/h1-5,16H,7H2. The Balaban J connectivity index is 2.21. The molecule has 0 fully saturated rings. The molecule has 0 atom stereocenters. The van der Waals surface area contributed by atoms with Gasteiger partial charge >= 0.3 is 0 Å². The maximum absolute atomic E-state index is 12.1. The van der Waals surface area contributed by atoms with Crippen molar-refractivity contribution in [2.75, 3.05) is 0 Å². The van der Waals surface area contributed by atoms with Crippen molar-refractivity contribution in [1.29, 1.82) is 5.26 Å². The largest absolute Gasteiger partial charge is 0.240 e. The first-order chi connectivity index (χ1) is 9.44. The molecule has 1 N–H and O–H groups in total. The summed E-state index contributed by atoms with van der Waals surface area (Å²) in [5.41, 5.74) is 0.242. The molecular formula is C12H8BrClN2O2S2. The number of hydrogen-bond donors (Lipinski definition) is 1. The molecule has 0 saturated carbocycles. The zero-order chi connectivity index (χ0) is 14.8. The first kappa shape index (κ1) is 15.5. The van der Waals surface area contributed by atoms with Crippen molar-refractivity contribution in [3.63, 3.8) is 0 Å². The second-order valence-corrected chi connectivity index (χ2v) is 7.80. The Bertz CT molecular complexity index is 781. The second-order valence-electron chi connectivity index (χ2n) is 3.77. The van der Waals surface area contributed by atoms with Crippen molar-refractivity contribution in [3.05, 3.63) is 49.6 Å². The molecule has 0 unspecified atom stereocenters. The van der Waals surface area contributed by atoms with Gasteiger partial charge in [-0.05, 0) is 45.6 Å². The zero-order valence-corrected chi connectivity index (χ0v) is 13.9. The molecule has 1 aromatic heterocycles. The molecule has 2 rings (SSSR count). The molecule has 0 bridgehead atoms.